The van der Waals surface area contributed by atoms with Gasteiger partial charge >= 0.3 is 0 Å². The normalized spacial score (nSPS) is 8.53. The van der Waals surface area contributed by atoms with Crippen molar-refractivity contribution in [2.24, 2.45) is 0 Å². The molecular weight excluding hydrogens is 300 g/mol. The third-order valence-corrected chi connectivity index (χ3v) is 1.90. The third kappa shape index (κ3) is 3.68. The second kappa shape index (κ2) is 6.63. The molecule has 0 spiro atoms. The maximum absolute atomic E-state index is 5.64. The topological polar surface area (TPSA) is 26.0 Å². The number of hydrogen-bond donors (Lipinski definition) is 1. The molecule has 0 bridgehead atoms. The maximum atomic E-state index is 5.64. The van der Waals surface area contributed by atoms with Gasteiger partial charge in [-0.05, 0) is 0 Å². The van der Waals surface area contributed by atoms with Crippen LogP contribution in [0.5, 0.6) is 0 Å². The third-order valence-electron chi connectivity index (χ3n) is 1.90. The molecule has 0 unspecified atom stereocenters. The minimum Gasteiger partial charge on any atom is -0.414 e. The van der Waals surface area contributed by atoms with Crippen LogP contribution in [0, 0.1) is 6.07 Å². The quantitative estimate of drug-likeness (QED) is 0.489. The van der Waals surface area contributed by atoms with Crippen molar-refractivity contribution < 1.29 is 20.4 Å². The molecule has 0 fully saturated rings. The van der Waals surface area contributed by atoms with Gasteiger partial charge in [-0.15, -0.1) is 42.2 Å². The summed E-state index contributed by atoms with van der Waals surface area (Å²) in [5.74, 6) is 0. The number of benzene rings is 2. The molecule has 2 aromatic carbocycles. The van der Waals surface area contributed by atoms with Gasteiger partial charge in [0.05, 0.1) is 0 Å². The van der Waals surface area contributed by atoms with Crippen LogP contribution in [0.2, 0.25) is 0 Å². The zero-order chi connectivity index (χ0) is 9.10. The smallest absolute Gasteiger partial charge is 0 e. The summed E-state index contributed by atoms with van der Waals surface area (Å²) in [6, 6.07) is 19.0. The van der Waals surface area contributed by atoms with Crippen LogP contribution in [0.25, 0.3) is 11.1 Å². The van der Waals surface area contributed by atoms with Crippen LogP contribution >= 0.6 is 12.4 Å². The Morgan fingerprint density at radius 2 is 1.53 bits per heavy atom. The Labute approximate surface area is 110 Å². The Morgan fingerprint density at radius 1 is 0.867 bits per heavy atom. The van der Waals surface area contributed by atoms with E-state index in [9.17, 15) is 0 Å². The second-order valence-electron chi connectivity index (χ2n) is 2.89. The van der Waals surface area contributed by atoms with Crippen LogP contribution in [0.4, 0.5) is 5.69 Å². The minimum absolute atomic E-state index is 0. The van der Waals surface area contributed by atoms with Crippen molar-refractivity contribution in [3.8, 4) is 11.1 Å². The van der Waals surface area contributed by atoms with Gasteiger partial charge in [0.1, 0.15) is 0 Å². The number of anilines is 1. The van der Waals surface area contributed by atoms with E-state index in [-0.39, 0.29) is 32.8 Å². The fourth-order valence-corrected chi connectivity index (χ4v) is 1.27. The molecule has 1 nitrogen and oxygen atoms in total. The van der Waals surface area contributed by atoms with Crippen molar-refractivity contribution >= 4 is 18.1 Å². The Morgan fingerprint density at radius 3 is 2.13 bits per heavy atom. The molecule has 0 aliphatic heterocycles. The summed E-state index contributed by atoms with van der Waals surface area (Å²) in [5, 5.41) is 0. The fourth-order valence-electron chi connectivity index (χ4n) is 1.27. The Balaban J connectivity index is 0.000000980. The number of rotatable bonds is 1. The van der Waals surface area contributed by atoms with Gasteiger partial charge in [0, 0.05) is 20.4 Å². The van der Waals surface area contributed by atoms with E-state index >= 15 is 0 Å². The predicted molar refractivity (Wildman–Crippen MR) is 62.4 cm³/mol. The van der Waals surface area contributed by atoms with E-state index in [0.717, 1.165) is 11.1 Å². The molecule has 3 heteroatoms. The second-order valence-corrected chi connectivity index (χ2v) is 2.89. The van der Waals surface area contributed by atoms with E-state index in [2.05, 4.69) is 6.07 Å². The van der Waals surface area contributed by atoms with Gasteiger partial charge < -0.3 is 5.73 Å². The summed E-state index contributed by atoms with van der Waals surface area (Å²) in [6.07, 6.45) is 0. The first-order valence-corrected chi connectivity index (χ1v) is 4.19. The monoisotopic (exact) mass is 310 g/mol. The molecule has 2 rings (SSSR count). The SMILES string of the molecule is Cl.Nc1[c-]c(-c2ccccc2)ccc1.[Pd]. The number of hydrogen-bond acceptors (Lipinski definition) is 1. The largest absolute Gasteiger partial charge is 0.414 e. The molecule has 0 heterocycles. The first-order chi connectivity index (χ1) is 6.36. The molecule has 0 aromatic heterocycles. The molecule has 0 saturated carbocycles. The zero-order valence-electron chi connectivity index (χ0n) is 7.92. The van der Waals surface area contributed by atoms with Gasteiger partial charge in [0.15, 0.2) is 0 Å². The standard InChI is InChI=1S/C12H10N.ClH.Pd/c13-12-8-4-7-11(9-12)10-5-2-1-3-6-10;;/h1-8H,13H2;1H;/q-1;;. The van der Waals surface area contributed by atoms with Crippen molar-refractivity contribution in [2.45, 2.75) is 0 Å². The summed E-state index contributed by atoms with van der Waals surface area (Å²) >= 11 is 0. The molecule has 0 aliphatic carbocycles. The number of nitrogen functional groups attached to an aromatic ring is 1. The molecule has 15 heavy (non-hydrogen) atoms. The molecule has 0 saturated heterocycles. The molecule has 0 radical (unpaired) electrons. The molecule has 2 aromatic rings. The van der Waals surface area contributed by atoms with Gasteiger partial charge in [0.2, 0.25) is 0 Å². The molecule has 82 valence electrons. The van der Waals surface area contributed by atoms with Gasteiger partial charge in [0.25, 0.3) is 0 Å². The summed E-state index contributed by atoms with van der Waals surface area (Å²) in [6.45, 7) is 0. The Bertz CT molecular complexity index is 403. The van der Waals surface area contributed by atoms with E-state index in [1.807, 2.05) is 48.5 Å². The molecule has 2 N–H and O–H groups in total. The van der Waals surface area contributed by atoms with Gasteiger partial charge in [-0.2, -0.15) is 0 Å². The summed E-state index contributed by atoms with van der Waals surface area (Å²) in [4.78, 5) is 0. The van der Waals surface area contributed by atoms with Crippen LogP contribution in [0.3, 0.4) is 0 Å². The van der Waals surface area contributed by atoms with Crippen molar-refractivity contribution in [3.63, 3.8) is 0 Å². The molecule has 0 amide bonds. The average molecular weight is 311 g/mol. The summed E-state index contributed by atoms with van der Waals surface area (Å²) < 4.78 is 0. The van der Waals surface area contributed by atoms with Crippen molar-refractivity contribution in [1.29, 1.82) is 0 Å². The summed E-state index contributed by atoms with van der Waals surface area (Å²) in [5.41, 5.74) is 8.51. The van der Waals surface area contributed by atoms with E-state index < -0.39 is 0 Å². The summed E-state index contributed by atoms with van der Waals surface area (Å²) in [7, 11) is 0. The zero-order valence-corrected chi connectivity index (χ0v) is 10.3. The average Bonchev–Trinajstić information content (AvgIpc) is 2.19. The minimum atomic E-state index is 0. The predicted octanol–water partition coefficient (Wildman–Crippen LogP) is 3.16. The van der Waals surface area contributed by atoms with E-state index in [0.29, 0.717) is 5.69 Å². The number of nitrogens with two attached hydrogens (primary N) is 1. The van der Waals surface area contributed by atoms with Gasteiger partial charge in [-0.3, -0.25) is 0 Å². The first-order valence-electron chi connectivity index (χ1n) is 4.19. The van der Waals surface area contributed by atoms with E-state index in [4.69, 9.17) is 5.73 Å². The Kier molecular flexibility index (Phi) is 6.28. The van der Waals surface area contributed by atoms with Gasteiger partial charge in [-0.25, -0.2) is 0 Å². The molecule has 0 aliphatic rings. The van der Waals surface area contributed by atoms with Crippen LogP contribution in [-0.4, -0.2) is 0 Å². The van der Waals surface area contributed by atoms with Crippen LogP contribution in [0.15, 0.2) is 48.5 Å². The molecular formula is C12H11ClNPd-. The van der Waals surface area contributed by atoms with Crippen molar-refractivity contribution in [3.05, 3.63) is 54.6 Å². The fraction of sp³-hybridized carbons (Fsp3) is 0. The van der Waals surface area contributed by atoms with Crippen molar-refractivity contribution in [2.75, 3.05) is 5.73 Å². The number of halogens is 1. The first kappa shape index (κ1) is 14.2. The maximum Gasteiger partial charge on any atom is 0 e. The van der Waals surface area contributed by atoms with E-state index in [1.54, 1.807) is 0 Å². The van der Waals surface area contributed by atoms with E-state index in [1.165, 1.54) is 0 Å². The van der Waals surface area contributed by atoms with Crippen LogP contribution in [-0.2, 0) is 20.4 Å². The molecule has 0 atom stereocenters. The van der Waals surface area contributed by atoms with Gasteiger partial charge in [-0.1, -0.05) is 41.6 Å². The van der Waals surface area contributed by atoms with Crippen molar-refractivity contribution in [1.82, 2.24) is 0 Å². The Hall–Kier alpha value is -0.808. The van der Waals surface area contributed by atoms with Crippen LogP contribution < -0.4 is 5.73 Å². The van der Waals surface area contributed by atoms with Crippen LogP contribution in [0.1, 0.15) is 0 Å².